The van der Waals surface area contributed by atoms with Gasteiger partial charge in [0, 0.05) is 10.8 Å². The number of hydrogen-bond donors (Lipinski definition) is 3. The lowest BCUT2D eigenvalue weighted by Gasteiger charge is -2.71. The second-order valence-corrected chi connectivity index (χ2v) is 13.7. The zero-order valence-corrected chi connectivity index (χ0v) is 20.5. The van der Waals surface area contributed by atoms with Gasteiger partial charge in [-0.1, -0.05) is 25.7 Å². The van der Waals surface area contributed by atoms with Gasteiger partial charge in [0.25, 0.3) is 0 Å². The average Bonchev–Trinajstić information content (AvgIpc) is 3.37. The van der Waals surface area contributed by atoms with Crippen LogP contribution in [0.1, 0.15) is 90.4 Å². The number of hydrogen-bond acceptors (Lipinski definition) is 6. The maximum absolute atomic E-state index is 14.2. The van der Waals surface area contributed by atoms with Gasteiger partial charge in [-0.25, -0.2) is 0 Å². The third kappa shape index (κ3) is 3.27. The molecule has 0 aromatic carbocycles. The first-order valence-electron chi connectivity index (χ1n) is 12.7. The van der Waals surface area contributed by atoms with Crippen LogP contribution >= 0.6 is 0 Å². The molecule has 0 aromatic heterocycles. The second kappa shape index (κ2) is 7.59. The molecule has 0 amide bonds. The summed E-state index contributed by atoms with van der Waals surface area (Å²) in [6.45, 7) is 0.765. The summed E-state index contributed by atoms with van der Waals surface area (Å²) in [5.74, 6) is -1.75. The molecule has 6 aliphatic rings. The quantitative estimate of drug-likeness (QED) is 0.370. The van der Waals surface area contributed by atoms with Crippen LogP contribution in [-0.2, 0) is 19.6 Å². The van der Waals surface area contributed by atoms with Gasteiger partial charge in [-0.2, -0.15) is 17.2 Å². The SMILES string of the molecule is CC(OC(=O)C1C2CC3CC(C4(O)CCCC4)(C2)CC1(C1(O)CCCC1)C3)C(F)(F)S(=O)(=O)O. The van der Waals surface area contributed by atoms with E-state index < -0.39 is 55.4 Å². The van der Waals surface area contributed by atoms with Gasteiger partial charge in [-0.3, -0.25) is 9.35 Å². The van der Waals surface area contributed by atoms with Crippen LogP contribution in [0, 0.1) is 28.6 Å². The normalized spacial score (nSPS) is 41.5. The van der Waals surface area contributed by atoms with E-state index in [0.717, 1.165) is 39.0 Å². The molecule has 0 aromatic rings. The Balaban J connectivity index is 1.53. The van der Waals surface area contributed by atoms with Crippen molar-refractivity contribution in [2.24, 2.45) is 28.6 Å². The lowest BCUT2D eigenvalue weighted by molar-refractivity contribution is -0.278. The van der Waals surface area contributed by atoms with E-state index in [4.69, 9.17) is 9.29 Å². The van der Waals surface area contributed by atoms with Crippen LogP contribution in [0.4, 0.5) is 8.78 Å². The number of halogens is 2. The predicted molar refractivity (Wildman–Crippen MR) is 117 cm³/mol. The Morgan fingerprint density at radius 3 is 2.12 bits per heavy atom. The van der Waals surface area contributed by atoms with Gasteiger partial charge >= 0.3 is 21.3 Å². The molecule has 6 fully saturated rings. The Hall–Kier alpha value is -0.840. The van der Waals surface area contributed by atoms with Crippen LogP contribution in [0.2, 0.25) is 0 Å². The summed E-state index contributed by atoms with van der Waals surface area (Å²) in [5.41, 5.74) is -3.29. The van der Waals surface area contributed by atoms with Gasteiger partial charge in [-0.05, 0) is 76.5 Å². The van der Waals surface area contributed by atoms with Crippen molar-refractivity contribution in [2.45, 2.75) is 113 Å². The Kier molecular flexibility index (Phi) is 5.54. The Bertz CT molecular complexity index is 956. The van der Waals surface area contributed by atoms with Crippen molar-refractivity contribution in [1.29, 1.82) is 0 Å². The van der Waals surface area contributed by atoms with Crippen LogP contribution < -0.4 is 0 Å². The molecule has 6 aliphatic carbocycles. The number of rotatable bonds is 6. The number of esters is 1. The highest BCUT2D eigenvalue weighted by Crippen LogP contribution is 2.75. The van der Waals surface area contributed by atoms with E-state index in [1.165, 1.54) is 0 Å². The van der Waals surface area contributed by atoms with Crippen molar-refractivity contribution in [3.05, 3.63) is 0 Å². The molecule has 6 unspecified atom stereocenters. The Morgan fingerprint density at radius 2 is 1.56 bits per heavy atom. The van der Waals surface area contributed by atoms with Gasteiger partial charge in [0.1, 0.15) is 0 Å². The molecule has 0 heterocycles. The van der Waals surface area contributed by atoms with Gasteiger partial charge in [0.2, 0.25) is 0 Å². The van der Waals surface area contributed by atoms with Crippen LogP contribution in [-0.4, -0.2) is 51.7 Å². The molecule has 0 spiro atoms. The van der Waals surface area contributed by atoms with Gasteiger partial charge in [0.05, 0.1) is 17.1 Å². The maximum Gasteiger partial charge on any atom is 0.405 e. The highest BCUT2D eigenvalue weighted by atomic mass is 32.2. The minimum atomic E-state index is -5.76. The molecule has 0 saturated heterocycles. The third-order valence-corrected chi connectivity index (χ3v) is 11.5. The average molecular weight is 507 g/mol. The van der Waals surface area contributed by atoms with E-state index in [0.29, 0.717) is 51.4 Å². The summed E-state index contributed by atoms with van der Waals surface area (Å²) in [5, 5.41) is 19.1. The van der Waals surface area contributed by atoms with E-state index in [1.807, 2.05) is 0 Å². The van der Waals surface area contributed by atoms with Crippen molar-refractivity contribution in [3.8, 4) is 0 Å². The first-order chi connectivity index (χ1) is 15.7. The largest absolute Gasteiger partial charge is 0.455 e. The highest BCUT2D eigenvalue weighted by molar-refractivity contribution is 7.86. The Labute approximate surface area is 199 Å². The smallest absolute Gasteiger partial charge is 0.405 e. The molecule has 3 N–H and O–H groups in total. The van der Waals surface area contributed by atoms with E-state index in [-0.39, 0.29) is 11.8 Å². The summed E-state index contributed by atoms with van der Waals surface area (Å²) in [4.78, 5) is 13.5. The molecule has 6 atom stereocenters. The van der Waals surface area contributed by atoms with Crippen molar-refractivity contribution in [3.63, 3.8) is 0 Å². The number of carbonyl (C=O) groups is 1. The van der Waals surface area contributed by atoms with Crippen molar-refractivity contribution < 1.29 is 41.5 Å². The van der Waals surface area contributed by atoms with Crippen LogP contribution in [0.25, 0.3) is 0 Å². The number of ether oxygens (including phenoxy) is 1. The van der Waals surface area contributed by atoms with Crippen molar-refractivity contribution >= 4 is 16.1 Å². The van der Waals surface area contributed by atoms with E-state index in [1.54, 1.807) is 0 Å². The van der Waals surface area contributed by atoms with Crippen LogP contribution in [0.15, 0.2) is 0 Å². The molecule has 4 bridgehead atoms. The third-order valence-electron chi connectivity index (χ3n) is 10.5. The van der Waals surface area contributed by atoms with E-state index in [2.05, 4.69) is 0 Å². The van der Waals surface area contributed by atoms with Gasteiger partial charge in [0.15, 0.2) is 6.10 Å². The molecule has 0 aliphatic heterocycles. The van der Waals surface area contributed by atoms with Crippen LogP contribution in [0.3, 0.4) is 0 Å². The number of alkyl halides is 2. The molecular formula is C24H36F2O7S. The second-order valence-electron chi connectivity index (χ2n) is 12.2. The van der Waals surface area contributed by atoms with Gasteiger partial charge in [-0.15, -0.1) is 0 Å². The maximum atomic E-state index is 14.2. The lowest BCUT2D eigenvalue weighted by Crippen LogP contribution is -2.70. The summed E-state index contributed by atoms with van der Waals surface area (Å²) in [7, 11) is -5.76. The summed E-state index contributed by atoms with van der Waals surface area (Å²) >= 11 is 0. The topological polar surface area (TPSA) is 121 Å². The molecule has 6 rings (SSSR count). The van der Waals surface area contributed by atoms with Crippen LogP contribution in [0.5, 0.6) is 0 Å². The van der Waals surface area contributed by atoms with E-state index >= 15 is 0 Å². The Morgan fingerprint density at radius 1 is 1.00 bits per heavy atom. The first-order valence-corrected chi connectivity index (χ1v) is 14.1. The zero-order chi connectivity index (χ0) is 24.8. The first kappa shape index (κ1) is 24.8. The fraction of sp³-hybridized carbons (Fsp3) is 0.958. The van der Waals surface area contributed by atoms with Crippen molar-refractivity contribution in [2.75, 3.05) is 0 Å². The summed E-state index contributed by atoms with van der Waals surface area (Å²) in [6, 6.07) is 0. The number of aliphatic hydroxyl groups is 2. The molecular weight excluding hydrogens is 470 g/mol. The zero-order valence-electron chi connectivity index (χ0n) is 19.6. The monoisotopic (exact) mass is 506 g/mol. The summed E-state index contributed by atoms with van der Waals surface area (Å²) < 4.78 is 64.8. The molecule has 0 radical (unpaired) electrons. The molecule has 34 heavy (non-hydrogen) atoms. The van der Waals surface area contributed by atoms with Gasteiger partial charge < -0.3 is 14.9 Å². The standard InChI is InChI=1S/C24H36F2O7S/c1-15(24(25,26)34(30,31)32)33-19(27)18-17-10-16-11-20(13-17,22(28)6-2-3-7-22)14-21(18,12-16)23(29)8-4-5-9-23/h15-18,28-29H,2-14H2,1H3,(H,30,31,32). The lowest BCUT2D eigenvalue weighted by atomic mass is 9.34. The highest BCUT2D eigenvalue weighted by Gasteiger charge is 2.74. The number of carbonyl (C=O) groups excluding carboxylic acids is 1. The minimum Gasteiger partial charge on any atom is -0.455 e. The fourth-order valence-corrected chi connectivity index (χ4v) is 9.71. The predicted octanol–water partition coefficient (Wildman–Crippen LogP) is 3.82. The fourth-order valence-electron chi connectivity index (χ4n) is 9.25. The molecule has 194 valence electrons. The van der Waals surface area contributed by atoms with Crippen molar-refractivity contribution in [1.82, 2.24) is 0 Å². The summed E-state index contributed by atoms with van der Waals surface area (Å²) in [6.07, 6.45) is 6.77. The van der Waals surface area contributed by atoms with E-state index in [9.17, 15) is 32.2 Å². The molecule has 6 saturated carbocycles. The molecule has 10 heteroatoms. The minimum absolute atomic E-state index is 0.227. The molecule has 7 nitrogen and oxygen atoms in total.